The number of amides is 1. The van der Waals surface area contributed by atoms with E-state index in [-0.39, 0.29) is 17.9 Å². The van der Waals surface area contributed by atoms with E-state index in [1.807, 2.05) is 30.3 Å². The molecule has 2 aromatic rings. The number of benzene rings is 1. The number of hydrogen-bond donors (Lipinski definition) is 1. The van der Waals surface area contributed by atoms with Crippen LogP contribution in [0.3, 0.4) is 0 Å². The van der Waals surface area contributed by atoms with Crippen LogP contribution in [-0.4, -0.2) is 17.5 Å². The van der Waals surface area contributed by atoms with E-state index < -0.39 is 0 Å². The van der Waals surface area contributed by atoms with Crippen molar-refractivity contribution in [2.24, 2.45) is 0 Å². The van der Waals surface area contributed by atoms with Gasteiger partial charge in [0.1, 0.15) is 5.75 Å². The molecule has 4 nitrogen and oxygen atoms in total. The fraction of sp³-hybridized carbons (Fsp3) is 0.333. The number of ether oxygens (including phenoxy) is 1. The summed E-state index contributed by atoms with van der Waals surface area (Å²) in [5, 5.41) is 2.82. The van der Waals surface area contributed by atoms with Crippen molar-refractivity contribution in [1.82, 2.24) is 10.3 Å². The monoisotopic (exact) mass is 376 g/mol. The van der Waals surface area contributed by atoms with Crippen LogP contribution in [0.1, 0.15) is 31.9 Å². The third-order valence-corrected chi connectivity index (χ3v) is 4.02. The Morgan fingerprint density at radius 1 is 1.22 bits per heavy atom. The van der Waals surface area contributed by atoms with Gasteiger partial charge >= 0.3 is 0 Å². The Kier molecular flexibility index (Phi) is 5.77. The summed E-state index contributed by atoms with van der Waals surface area (Å²) in [6.45, 7) is 6.92. The third kappa shape index (κ3) is 5.36. The SMILES string of the molecule is CC(C)(C)c1ccc(OCC(=O)NCc2ccncc2)c(Br)c1. The lowest BCUT2D eigenvalue weighted by Gasteiger charge is -2.20. The number of nitrogens with one attached hydrogen (secondary N) is 1. The molecule has 2 rings (SSSR count). The second-order valence-electron chi connectivity index (χ2n) is 6.32. The maximum absolute atomic E-state index is 11.9. The molecule has 1 aromatic carbocycles. The van der Waals surface area contributed by atoms with Gasteiger partial charge in [-0.1, -0.05) is 26.8 Å². The molecule has 0 aliphatic heterocycles. The molecule has 0 bridgehead atoms. The lowest BCUT2D eigenvalue weighted by molar-refractivity contribution is -0.123. The van der Waals surface area contributed by atoms with Crippen LogP contribution in [0.4, 0.5) is 0 Å². The van der Waals surface area contributed by atoms with Crippen LogP contribution >= 0.6 is 15.9 Å². The van der Waals surface area contributed by atoms with Crippen LogP contribution in [0.5, 0.6) is 5.75 Å². The first-order valence-electron chi connectivity index (χ1n) is 7.45. The first-order chi connectivity index (χ1) is 10.9. The average Bonchev–Trinajstić information content (AvgIpc) is 2.51. The second kappa shape index (κ2) is 7.59. The highest BCUT2D eigenvalue weighted by Crippen LogP contribution is 2.31. The molecular formula is C18H21BrN2O2. The van der Waals surface area contributed by atoms with Gasteiger partial charge < -0.3 is 10.1 Å². The van der Waals surface area contributed by atoms with Gasteiger partial charge in [0.25, 0.3) is 5.91 Å². The quantitative estimate of drug-likeness (QED) is 0.862. The smallest absolute Gasteiger partial charge is 0.258 e. The van der Waals surface area contributed by atoms with Gasteiger partial charge in [-0.3, -0.25) is 9.78 Å². The Morgan fingerprint density at radius 2 is 1.91 bits per heavy atom. The molecule has 122 valence electrons. The van der Waals surface area contributed by atoms with E-state index >= 15 is 0 Å². The maximum Gasteiger partial charge on any atom is 0.258 e. The fourth-order valence-electron chi connectivity index (χ4n) is 1.98. The highest BCUT2D eigenvalue weighted by Gasteiger charge is 2.15. The standard InChI is InChI=1S/C18H21BrN2O2/c1-18(2,3)14-4-5-16(15(19)10-14)23-12-17(22)21-11-13-6-8-20-9-7-13/h4-10H,11-12H2,1-3H3,(H,21,22). The van der Waals surface area contributed by atoms with Crippen LogP contribution in [0, 0.1) is 0 Å². The lowest BCUT2D eigenvalue weighted by atomic mass is 9.87. The average molecular weight is 377 g/mol. The molecule has 0 spiro atoms. The zero-order valence-electron chi connectivity index (χ0n) is 13.6. The van der Waals surface area contributed by atoms with Gasteiger partial charge in [-0.25, -0.2) is 0 Å². The van der Waals surface area contributed by atoms with Crippen molar-refractivity contribution in [1.29, 1.82) is 0 Å². The minimum absolute atomic E-state index is 0.0153. The predicted molar refractivity (Wildman–Crippen MR) is 94.4 cm³/mol. The second-order valence-corrected chi connectivity index (χ2v) is 7.17. The molecule has 23 heavy (non-hydrogen) atoms. The summed E-state index contributed by atoms with van der Waals surface area (Å²) in [6.07, 6.45) is 3.40. The summed E-state index contributed by atoms with van der Waals surface area (Å²) in [6, 6.07) is 9.67. The minimum Gasteiger partial charge on any atom is -0.483 e. The van der Waals surface area contributed by atoms with Gasteiger partial charge in [0.05, 0.1) is 4.47 Å². The summed E-state index contributed by atoms with van der Waals surface area (Å²) in [5.41, 5.74) is 2.28. The van der Waals surface area contributed by atoms with E-state index in [2.05, 4.69) is 47.0 Å². The summed E-state index contributed by atoms with van der Waals surface area (Å²) < 4.78 is 6.44. The number of halogens is 1. The number of aromatic nitrogens is 1. The summed E-state index contributed by atoms with van der Waals surface area (Å²) in [7, 11) is 0. The van der Waals surface area contributed by atoms with Crippen LogP contribution < -0.4 is 10.1 Å². The number of nitrogens with zero attached hydrogens (tertiary/aromatic N) is 1. The number of pyridine rings is 1. The highest BCUT2D eigenvalue weighted by atomic mass is 79.9. The van der Waals surface area contributed by atoms with E-state index in [1.165, 1.54) is 5.56 Å². The van der Waals surface area contributed by atoms with Crippen molar-refractivity contribution < 1.29 is 9.53 Å². The van der Waals surface area contributed by atoms with E-state index in [1.54, 1.807) is 12.4 Å². The Morgan fingerprint density at radius 3 is 2.52 bits per heavy atom. The molecule has 0 fully saturated rings. The molecule has 0 unspecified atom stereocenters. The minimum atomic E-state index is -0.159. The normalized spacial score (nSPS) is 11.1. The third-order valence-electron chi connectivity index (χ3n) is 3.40. The number of carbonyl (C=O) groups excluding carboxylic acids is 1. The molecule has 0 aliphatic carbocycles. The van der Waals surface area contributed by atoms with Crippen molar-refractivity contribution in [3.05, 3.63) is 58.3 Å². The van der Waals surface area contributed by atoms with Gasteiger partial charge in [0.2, 0.25) is 0 Å². The van der Waals surface area contributed by atoms with Crippen LogP contribution in [0.2, 0.25) is 0 Å². The summed E-state index contributed by atoms with van der Waals surface area (Å²) >= 11 is 3.50. The maximum atomic E-state index is 11.9. The summed E-state index contributed by atoms with van der Waals surface area (Å²) in [4.78, 5) is 15.8. The Labute approximate surface area is 145 Å². The first kappa shape index (κ1) is 17.5. The van der Waals surface area contributed by atoms with Gasteiger partial charge in [0, 0.05) is 18.9 Å². The van der Waals surface area contributed by atoms with Crippen LogP contribution in [0.25, 0.3) is 0 Å². The molecule has 0 radical (unpaired) electrons. The number of hydrogen-bond acceptors (Lipinski definition) is 3. The molecule has 5 heteroatoms. The van der Waals surface area contributed by atoms with Crippen molar-refractivity contribution in [3.8, 4) is 5.75 Å². The molecule has 0 saturated carbocycles. The fourth-order valence-corrected chi connectivity index (χ4v) is 2.47. The molecule has 1 amide bonds. The predicted octanol–water partition coefficient (Wildman–Crippen LogP) is 3.84. The van der Waals surface area contributed by atoms with Gasteiger partial charge in [-0.2, -0.15) is 0 Å². The topological polar surface area (TPSA) is 51.2 Å². The first-order valence-corrected chi connectivity index (χ1v) is 8.24. The van der Waals surface area contributed by atoms with E-state index in [0.29, 0.717) is 12.3 Å². The molecule has 0 atom stereocenters. The zero-order valence-corrected chi connectivity index (χ0v) is 15.2. The Balaban J connectivity index is 1.87. The molecule has 1 heterocycles. The molecule has 0 aliphatic rings. The molecule has 0 saturated heterocycles. The number of rotatable bonds is 5. The van der Waals surface area contributed by atoms with Crippen molar-refractivity contribution >= 4 is 21.8 Å². The largest absolute Gasteiger partial charge is 0.483 e. The van der Waals surface area contributed by atoms with Gasteiger partial charge in [-0.05, 0) is 56.7 Å². The molecular weight excluding hydrogens is 356 g/mol. The Hall–Kier alpha value is -1.88. The molecule has 1 N–H and O–H groups in total. The zero-order chi connectivity index (χ0) is 16.9. The van der Waals surface area contributed by atoms with Crippen LogP contribution in [-0.2, 0) is 16.8 Å². The Bertz CT molecular complexity index is 666. The lowest BCUT2D eigenvalue weighted by Crippen LogP contribution is -2.28. The van der Waals surface area contributed by atoms with Crippen molar-refractivity contribution in [2.45, 2.75) is 32.7 Å². The highest BCUT2D eigenvalue weighted by molar-refractivity contribution is 9.10. The summed E-state index contributed by atoms with van der Waals surface area (Å²) in [5.74, 6) is 0.505. The van der Waals surface area contributed by atoms with Crippen molar-refractivity contribution in [3.63, 3.8) is 0 Å². The van der Waals surface area contributed by atoms with Crippen molar-refractivity contribution in [2.75, 3.05) is 6.61 Å². The van der Waals surface area contributed by atoms with E-state index in [9.17, 15) is 4.79 Å². The number of carbonyl (C=O) groups is 1. The van der Waals surface area contributed by atoms with E-state index in [0.717, 1.165) is 10.0 Å². The van der Waals surface area contributed by atoms with E-state index in [4.69, 9.17) is 4.74 Å². The van der Waals surface area contributed by atoms with Gasteiger partial charge in [0.15, 0.2) is 6.61 Å². The van der Waals surface area contributed by atoms with Crippen LogP contribution in [0.15, 0.2) is 47.2 Å². The molecule has 1 aromatic heterocycles. The van der Waals surface area contributed by atoms with Gasteiger partial charge in [-0.15, -0.1) is 0 Å².